The van der Waals surface area contributed by atoms with E-state index in [2.05, 4.69) is 5.32 Å². The zero-order valence-corrected chi connectivity index (χ0v) is 11.8. The van der Waals surface area contributed by atoms with Crippen LogP contribution < -0.4 is 11.1 Å². The van der Waals surface area contributed by atoms with Gasteiger partial charge in [-0.2, -0.15) is 0 Å². The summed E-state index contributed by atoms with van der Waals surface area (Å²) >= 11 is 0. The van der Waals surface area contributed by atoms with E-state index >= 15 is 0 Å². The molecule has 4 N–H and O–H groups in total. The number of benzene rings is 1. The van der Waals surface area contributed by atoms with E-state index in [4.69, 9.17) is 5.73 Å². The van der Waals surface area contributed by atoms with Crippen LogP contribution in [0.4, 0.5) is 5.69 Å². The van der Waals surface area contributed by atoms with Crippen molar-refractivity contribution in [3.63, 3.8) is 0 Å². The van der Waals surface area contributed by atoms with E-state index in [-0.39, 0.29) is 24.3 Å². The fourth-order valence-electron chi connectivity index (χ4n) is 4.04. The first-order chi connectivity index (χ1) is 10.1. The minimum absolute atomic E-state index is 0.162. The van der Waals surface area contributed by atoms with Crippen LogP contribution in [0.15, 0.2) is 24.3 Å². The van der Waals surface area contributed by atoms with E-state index in [1.807, 2.05) is 24.3 Å². The molecule has 0 saturated heterocycles. The highest BCUT2D eigenvalue weighted by atomic mass is 16.4. The lowest BCUT2D eigenvalue weighted by Gasteiger charge is -2.44. The lowest BCUT2D eigenvalue weighted by atomic mass is 9.67. The van der Waals surface area contributed by atoms with Crippen molar-refractivity contribution in [2.75, 3.05) is 5.32 Å². The summed E-state index contributed by atoms with van der Waals surface area (Å²) in [4.78, 5) is 22.8. The van der Waals surface area contributed by atoms with E-state index in [1.54, 1.807) is 0 Å². The summed E-state index contributed by atoms with van der Waals surface area (Å²) < 4.78 is 0. The molecule has 0 bridgehead atoms. The summed E-state index contributed by atoms with van der Waals surface area (Å²) in [5.74, 6) is -1.26. The number of fused-ring (bicyclic) bond motifs is 2. The maximum atomic E-state index is 11.8. The molecule has 5 heteroatoms. The van der Waals surface area contributed by atoms with Crippen LogP contribution in [0.25, 0.3) is 0 Å². The van der Waals surface area contributed by atoms with Crippen LogP contribution in [0, 0.1) is 5.92 Å². The van der Waals surface area contributed by atoms with Crippen LogP contribution in [0.3, 0.4) is 0 Å². The van der Waals surface area contributed by atoms with Crippen molar-refractivity contribution in [3.8, 4) is 0 Å². The third kappa shape index (κ3) is 2.12. The van der Waals surface area contributed by atoms with Gasteiger partial charge >= 0.3 is 5.97 Å². The molecule has 0 aromatic heterocycles. The number of hydrogen-bond acceptors (Lipinski definition) is 4. The average Bonchev–Trinajstić information content (AvgIpc) is 2.92. The Balaban J connectivity index is 2.13. The predicted molar refractivity (Wildman–Crippen MR) is 79.2 cm³/mol. The quantitative estimate of drug-likeness (QED) is 0.734. The summed E-state index contributed by atoms with van der Waals surface area (Å²) in [6.07, 6.45) is 3.49. The minimum atomic E-state index is -1.53. The van der Waals surface area contributed by atoms with Crippen molar-refractivity contribution in [2.24, 2.45) is 11.7 Å². The second-order valence-electron chi connectivity index (χ2n) is 6.13. The van der Waals surface area contributed by atoms with Gasteiger partial charge in [-0.25, -0.2) is 0 Å². The summed E-state index contributed by atoms with van der Waals surface area (Å²) in [7, 11) is 0. The van der Waals surface area contributed by atoms with Gasteiger partial charge in [0.05, 0.1) is 0 Å². The van der Waals surface area contributed by atoms with Gasteiger partial charge in [0.15, 0.2) is 0 Å². The van der Waals surface area contributed by atoms with E-state index in [9.17, 15) is 14.7 Å². The first-order valence-corrected chi connectivity index (χ1v) is 7.39. The highest BCUT2D eigenvalue weighted by Gasteiger charge is 2.52. The van der Waals surface area contributed by atoms with Crippen LogP contribution in [0.2, 0.25) is 0 Å². The molecule has 1 saturated carbocycles. The Morgan fingerprint density at radius 2 is 2.19 bits per heavy atom. The SMILES string of the molecule is NC(CC=O)(C(=O)O)C1c2ccccc2N[C@@H]2CCC[C@H]12. The number of carbonyl (C=O) groups excluding carboxylic acids is 1. The minimum Gasteiger partial charge on any atom is -0.480 e. The molecule has 5 nitrogen and oxygen atoms in total. The van der Waals surface area contributed by atoms with Crippen molar-refractivity contribution in [3.05, 3.63) is 29.8 Å². The van der Waals surface area contributed by atoms with E-state index in [1.165, 1.54) is 0 Å². The molecule has 1 aromatic rings. The number of carboxylic acids is 1. The molecule has 2 unspecified atom stereocenters. The zero-order valence-electron chi connectivity index (χ0n) is 11.8. The van der Waals surface area contributed by atoms with Gasteiger partial charge in [0.2, 0.25) is 0 Å². The predicted octanol–water partition coefficient (Wildman–Crippen LogP) is 1.74. The highest BCUT2D eigenvalue weighted by Crippen LogP contribution is 2.50. The van der Waals surface area contributed by atoms with E-state index in [0.29, 0.717) is 6.29 Å². The van der Waals surface area contributed by atoms with Crippen molar-refractivity contribution in [2.45, 2.75) is 43.2 Å². The molecule has 1 aliphatic carbocycles. The van der Waals surface area contributed by atoms with Crippen LogP contribution in [0.1, 0.15) is 37.2 Å². The molecule has 1 heterocycles. The number of aliphatic carboxylic acids is 1. The molecule has 2 aliphatic rings. The van der Waals surface area contributed by atoms with Gasteiger partial charge in [-0.05, 0) is 30.4 Å². The molecule has 0 amide bonds. The number of para-hydroxylation sites is 1. The number of rotatable bonds is 4. The Hall–Kier alpha value is -1.88. The number of hydrogen-bond donors (Lipinski definition) is 3. The van der Waals surface area contributed by atoms with Gasteiger partial charge in [-0.3, -0.25) is 4.79 Å². The average molecular weight is 288 g/mol. The molecule has 3 rings (SSSR count). The first kappa shape index (κ1) is 14.1. The third-order valence-electron chi connectivity index (χ3n) is 5.01. The normalized spacial score (nSPS) is 29.7. The Kier molecular flexibility index (Phi) is 3.45. The smallest absolute Gasteiger partial charge is 0.324 e. The third-order valence-corrected chi connectivity index (χ3v) is 5.01. The molecule has 112 valence electrons. The molecule has 0 spiro atoms. The van der Waals surface area contributed by atoms with Crippen molar-refractivity contribution in [1.29, 1.82) is 0 Å². The lowest BCUT2D eigenvalue weighted by Crippen LogP contribution is -2.57. The fourth-order valence-corrected chi connectivity index (χ4v) is 4.04. The second kappa shape index (κ2) is 5.15. The molecular weight excluding hydrogens is 268 g/mol. The van der Waals surface area contributed by atoms with Crippen LogP contribution in [-0.2, 0) is 9.59 Å². The van der Waals surface area contributed by atoms with Crippen molar-refractivity contribution in [1.82, 2.24) is 0 Å². The largest absolute Gasteiger partial charge is 0.480 e. The zero-order chi connectivity index (χ0) is 15.0. The Bertz CT molecular complexity index is 574. The Morgan fingerprint density at radius 1 is 1.43 bits per heavy atom. The number of carboxylic acid groups (broad SMARTS) is 1. The number of carbonyl (C=O) groups is 2. The maximum Gasteiger partial charge on any atom is 0.324 e. The van der Waals surface area contributed by atoms with Gasteiger partial charge in [-0.15, -0.1) is 0 Å². The summed E-state index contributed by atoms with van der Waals surface area (Å²) in [5.41, 5.74) is 6.58. The molecule has 1 aliphatic heterocycles. The Labute approximate surface area is 123 Å². The van der Waals surface area contributed by atoms with Crippen LogP contribution >= 0.6 is 0 Å². The maximum absolute atomic E-state index is 11.8. The molecule has 1 fully saturated rings. The first-order valence-electron chi connectivity index (χ1n) is 7.39. The number of anilines is 1. The van der Waals surface area contributed by atoms with Crippen LogP contribution in [0.5, 0.6) is 0 Å². The molecular formula is C16H20N2O3. The van der Waals surface area contributed by atoms with Crippen LogP contribution in [-0.4, -0.2) is 28.9 Å². The molecule has 4 atom stereocenters. The van der Waals surface area contributed by atoms with E-state index in [0.717, 1.165) is 30.5 Å². The monoisotopic (exact) mass is 288 g/mol. The number of nitrogens with two attached hydrogens (primary N) is 1. The van der Waals surface area contributed by atoms with Gasteiger partial charge in [0.1, 0.15) is 11.8 Å². The van der Waals surface area contributed by atoms with Gasteiger partial charge in [0.25, 0.3) is 0 Å². The molecule has 1 aromatic carbocycles. The van der Waals surface area contributed by atoms with Crippen molar-refractivity contribution < 1.29 is 14.7 Å². The molecule has 0 radical (unpaired) electrons. The fraction of sp³-hybridized carbons (Fsp3) is 0.500. The second-order valence-corrected chi connectivity index (χ2v) is 6.13. The highest BCUT2D eigenvalue weighted by molar-refractivity contribution is 5.84. The summed E-state index contributed by atoms with van der Waals surface area (Å²) in [5, 5.41) is 13.2. The van der Waals surface area contributed by atoms with Gasteiger partial charge in [-0.1, -0.05) is 24.6 Å². The number of aldehydes is 1. The standard InChI is InChI=1S/C16H20N2O3/c17-16(8-9-19,15(20)21)14-10-4-1-2-6-12(10)18-13-7-3-5-11(13)14/h1-2,4,6,9,11,13-14,18H,3,5,7-8,17H2,(H,20,21)/t11-,13+,14?,16?/m0/s1. The van der Waals surface area contributed by atoms with Crippen molar-refractivity contribution >= 4 is 17.9 Å². The lowest BCUT2D eigenvalue weighted by molar-refractivity contribution is -0.146. The topological polar surface area (TPSA) is 92.4 Å². The summed E-state index contributed by atoms with van der Waals surface area (Å²) in [6, 6.07) is 7.96. The van der Waals surface area contributed by atoms with Gasteiger partial charge < -0.3 is 21.0 Å². The van der Waals surface area contributed by atoms with Gasteiger partial charge in [0, 0.05) is 24.1 Å². The molecule has 21 heavy (non-hydrogen) atoms. The summed E-state index contributed by atoms with van der Waals surface area (Å²) in [6.45, 7) is 0. The number of nitrogens with one attached hydrogen (secondary N) is 1. The van der Waals surface area contributed by atoms with E-state index < -0.39 is 11.5 Å². The Morgan fingerprint density at radius 3 is 2.90 bits per heavy atom.